The van der Waals surface area contributed by atoms with E-state index in [-0.39, 0.29) is 23.8 Å². The highest BCUT2D eigenvalue weighted by atomic mass is 31.2. The van der Waals surface area contributed by atoms with Crippen LogP contribution in [0.5, 0.6) is 11.5 Å². The Morgan fingerprint density at radius 1 is 1.04 bits per heavy atom. The van der Waals surface area contributed by atoms with Gasteiger partial charge in [-0.15, -0.1) is 0 Å². The summed E-state index contributed by atoms with van der Waals surface area (Å²) in [7, 11) is -5.16. The lowest BCUT2D eigenvalue weighted by atomic mass is 9.64. The average molecular weight is 728 g/mol. The number of rotatable bonds is 14. The van der Waals surface area contributed by atoms with Gasteiger partial charge in [0, 0.05) is 42.8 Å². The molecule has 2 heterocycles. The zero-order chi connectivity index (χ0) is 37.1. The monoisotopic (exact) mass is 727 g/mol. The fourth-order valence-corrected chi connectivity index (χ4v) is 8.60. The molecule has 5 N–H and O–H groups in total. The number of β-amino-alcohol motifs (C(OH)–C–C–N with tert-alkyl or cyclic N) is 1. The standard InChI is InChI=1S/C41H50N3O7P/c1-40(2,3)43-26-36(45)30-15-17-38(51-52(47,48)49)32(25-30)27-44(21-18-29-14-16-37-31(24-29)20-23-50-37)22-19-35(28-44)41(39(42)46,33-10-6-4-7-11-33)34-12-8-5-9-13-34/h4-17,24-25,35-36,43,45H,18-23,26-28H2,1-3H3,(H3-,42,46,47,48,49). The van der Waals surface area contributed by atoms with Crippen molar-refractivity contribution >= 4 is 13.7 Å². The second-order valence-electron chi connectivity index (χ2n) is 15.4. The molecule has 0 radical (unpaired) electrons. The van der Waals surface area contributed by atoms with E-state index in [0.717, 1.165) is 28.9 Å². The van der Waals surface area contributed by atoms with Crippen LogP contribution in [0.1, 0.15) is 66.7 Å². The highest BCUT2D eigenvalue weighted by Crippen LogP contribution is 2.47. The number of phosphoric acid groups is 1. The minimum atomic E-state index is -5.16. The fraction of sp³-hybridized carbons (Fsp3) is 0.390. The summed E-state index contributed by atoms with van der Waals surface area (Å²) in [6.45, 7) is 9.19. The molecule has 1 saturated heterocycles. The molecule has 4 atom stereocenters. The molecule has 2 aliphatic rings. The molecule has 276 valence electrons. The van der Waals surface area contributed by atoms with Crippen molar-refractivity contribution in [1.29, 1.82) is 0 Å². The molecule has 0 bridgehead atoms. The van der Waals surface area contributed by atoms with E-state index in [4.69, 9.17) is 15.0 Å². The summed E-state index contributed by atoms with van der Waals surface area (Å²) in [6, 6.07) is 30.6. The minimum Gasteiger partial charge on any atom is -0.746 e. The molecule has 6 rings (SSSR count). The molecule has 0 spiro atoms. The number of benzene rings is 4. The first-order valence-corrected chi connectivity index (χ1v) is 19.5. The van der Waals surface area contributed by atoms with Gasteiger partial charge in [-0.3, -0.25) is 9.36 Å². The van der Waals surface area contributed by atoms with E-state index in [2.05, 4.69) is 17.4 Å². The summed E-state index contributed by atoms with van der Waals surface area (Å²) >= 11 is 0. The number of likely N-dealkylation sites (tertiary alicyclic amines) is 1. The molecule has 4 aromatic carbocycles. The molecule has 0 saturated carbocycles. The number of amides is 1. The number of aliphatic hydroxyl groups is 1. The predicted octanol–water partition coefficient (Wildman–Crippen LogP) is 4.93. The van der Waals surface area contributed by atoms with Crippen LogP contribution in [0.4, 0.5) is 0 Å². The summed E-state index contributed by atoms with van der Waals surface area (Å²) in [5, 5.41) is 14.5. The third-order valence-corrected chi connectivity index (χ3v) is 11.1. The Bertz CT molecular complexity index is 1870. The van der Waals surface area contributed by atoms with Gasteiger partial charge in [-0.05, 0) is 66.8 Å². The van der Waals surface area contributed by atoms with E-state index < -0.39 is 25.2 Å². The summed E-state index contributed by atoms with van der Waals surface area (Å²) < 4.78 is 23.5. The van der Waals surface area contributed by atoms with Crippen molar-refractivity contribution in [3.63, 3.8) is 0 Å². The molecule has 10 nitrogen and oxygen atoms in total. The second-order valence-corrected chi connectivity index (χ2v) is 16.5. The molecule has 0 aromatic heterocycles. The molecule has 2 aliphatic heterocycles. The van der Waals surface area contributed by atoms with Crippen LogP contribution in [0.15, 0.2) is 97.1 Å². The topological polar surface area (TPSA) is 154 Å². The Kier molecular flexibility index (Phi) is 11.0. The van der Waals surface area contributed by atoms with Crippen LogP contribution in [0.3, 0.4) is 0 Å². The van der Waals surface area contributed by atoms with Crippen molar-refractivity contribution in [2.45, 2.75) is 63.6 Å². The summed E-state index contributed by atoms with van der Waals surface area (Å²) in [4.78, 5) is 35.9. The molecule has 1 amide bonds. The molecule has 52 heavy (non-hydrogen) atoms. The quantitative estimate of drug-likeness (QED) is 0.105. The number of phosphoric ester groups is 1. The van der Waals surface area contributed by atoms with Crippen LogP contribution in [0.2, 0.25) is 0 Å². The zero-order valence-electron chi connectivity index (χ0n) is 30.2. The lowest BCUT2D eigenvalue weighted by Gasteiger charge is -2.40. The Morgan fingerprint density at radius 2 is 1.71 bits per heavy atom. The molecule has 4 aromatic rings. The van der Waals surface area contributed by atoms with Crippen LogP contribution in [0.25, 0.3) is 0 Å². The largest absolute Gasteiger partial charge is 0.746 e. The number of hydrogen-bond donors (Lipinski definition) is 4. The van der Waals surface area contributed by atoms with E-state index in [9.17, 15) is 24.3 Å². The number of ether oxygens (including phenoxy) is 1. The van der Waals surface area contributed by atoms with Gasteiger partial charge in [0.05, 0.1) is 32.3 Å². The van der Waals surface area contributed by atoms with Gasteiger partial charge in [0.1, 0.15) is 23.5 Å². The van der Waals surface area contributed by atoms with Crippen LogP contribution in [-0.4, -0.2) is 58.7 Å². The van der Waals surface area contributed by atoms with Crippen LogP contribution < -0.4 is 25.2 Å². The van der Waals surface area contributed by atoms with Gasteiger partial charge >= 0.3 is 7.82 Å². The SMILES string of the molecule is CC(C)(C)NCC(O)c1ccc(OP(=O)([O-])O)c(C[N+]2(CCc3ccc4c(c3)CCO4)CCC(C(C(N)=O)(c3ccccc3)c3ccccc3)C2)c1. The van der Waals surface area contributed by atoms with Crippen LogP contribution in [0, 0.1) is 5.92 Å². The Balaban J connectivity index is 1.42. The lowest BCUT2D eigenvalue weighted by Crippen LogP contribution is -2.52. The molecule has 1 fully saturated rings. The summed E-state index contributed by atoms with van der Waals surface area (Å²) in [5.41, 5.74) is 10.2. The van der Waals surface area contributed by atoms with Gasteiger partial charge in [-0.1, -0.05) is 78.9 Å². The number of aliphatic hydroxyl groups excluding tert-OH is 1. The van der Waals surface area contributed by atoms with E-state index in [0.29, 0.717) is 61.2 Å². The lowest BCUT2D eigenvalue weighted by molar-refractivity contribution is -0.931. The zero-order valence-corrected chi connectivity index (χ0v) is 31.1. The third kappa shape index (κ3) is 8.44. The van der Waals surface area contributed by atoms with E-state index in [1.165, 1.54) is 11.6 Å². The third-order valence-electron chi connectivity index (χ3n) is 10.7. The molecule has 4 unspecified atom stereocenters. The second kappa shape index (κ2) is 15.1. The van der Waals surface area contributed by atoms with E-state index in [1.807, 2.05) is 87.5 Å². The van der Waals surface area contributed by atoms with Gasteiger partial charge in [0.25, 0.3) is 0 Å². The number of carbonyl (C=O) groups is 1. The number of primary amides is 1. The maximum absolute atomic E-state index is 14.0. The Hall–Kier alpha value is -4.02. The first-order valence-electron chi connectivity index (χ1n) is 18.0. The van der Waals surface area contributed by atoms with Gasteiger partial charge < -0.3 is 39.7 Å². The summed E-state index contributed by atoms with van der Waals surface area (Å²) in [5.74, 6) is 0.279. The maximum atomic E-state index is 14.0. The smallest absolute Gasteiger partial charge is 0.317 e. The van der Waals surface area contributed by atoms with Gasteiger partial charge in [0.15, 0.2) is 0 Å². The van der Waals surface area contributed by atoms with Crippen molar-refractivity contribution in [2.75, 3.05) is 32.8 Å². The Morgan fingerprint density at radius 3 is 2.33 bits per heavy atom. The Labute approximate surface area is 306 Å². The van der Waals surface area contributed by atoms with Crippen molar-refractivity contribution in [3.05, 3.63) is 130 Å². The normalized spacial score (nSPS) is 20.5. The number of nitrogens with zero attached hydrogens (tertiary/aromatic N) is 1. The molecule has 11 heteroatoms. The predicted molar refractivity (Wildman–Crippen MR) is 198 cm³/mol. The number of hydrogen-bond acceptors (Lipinski definition) is 7. The molecular formula is C41H50N3O7P. The highest BCUT2D eigenvalue weighted by Gasteiger charge is 2.54. The number of carbonyl (C=O) groups excluding carboxylic acids is 1. The van der Waals surface area contributed by atoms with Gasteiger partial charge in [0.2, 0.25) is 5.91 Å². The van der Waals surface area contributed by atoms with Crippen molar-refractivity contribution in [1.82, 2.24) is 5.32 Å². The number of nitrogens with one attached hydrogen (secondary N) is 1. The van der Waals surface area contributed by atoms with Crippen LogP contribution in [-0.2, 0) is 34.2 Å². The van der Waals surface area contributed by atoms with Crippen LogP contribution >= 0.6 is 7.82 Å². The van der Waals surface area contributed by atoms with E-state index in [1.54, 1.807) is 12.1 Å². The van der Waals surface area contributed by atoms with Gasteiger partial charge in [-0.2, -0.15) is 0 Å². The first-order chi connectivity index (χ1) is 24.7. The van der Waals surface area contributed by atoms with E-state index >= 15 is 0 Å². The highest BCUT2D eigenvalue weighted by molar-refractivity contribution is 7.45. The average Bonchev–Trinajstić information content (AvgIpc) is 3.75. The minimum absolute atomic E-state index is 0.00322. The summed E-state index contributed by atoms with van der Waals surface area (Å²) in [6.07, 6.45) is 1.36. The van der Waals surface area contributed by atoms with Crippen molar-refractivity contribution < 1.29 is 38.0 Å². The van der Waals surface area contributed by atoms with Crippen molar-refractivity contribution in [3.8, 4) is 11.5 Å². The number of fused-ring (bicyclic) bond motifs is 1. The van der Waals surface area contributed by atoms with Gasteiger partial charge in [-0.25, -0.2) is 0 Å². The molecule has 0 aliphatic carbocycles. The molecular weight excluding hydrogens is 677 g/mol. The number of quaternary nitrogens is 1. The fourth-order valence-electron chi connectivity index (χ4n) is 8.17. The first kappa shape index (κ1) is 37.7. The number of nitrogens with two attached hydrogens (primary N) is 1. The van der Waals surface area contributed by atoms with Crippen molar-refractivity contribution in [2.24, 2.45) is 11.7 Å². The maximum Gasteiger partial charge on any atom is 0.317 e.